The second-order valence-corrected chi connectivity index (χ2v) is 7.90. The maximum absolute atomic E-state index is 13.5. The molecule has 2 aliphatic heterocycles. The Morgan fingerprint density at radius 2 is 1.86 bits per heavy atom. The number of amides is 3. The average Bonchev–Trinajstić information content (AvgIpc) is 2.94. The number of piperazine rings is 1. The third kappa shape index (κ3) is 4.11. The first-order valence-corrected chi connectivity index (χ1v) is 9.60. The van der Waals surface area contributed by atoms with Gasteiger partial charge in [-0.1, -0.05) is 19.9 Å². The lowest BCUT2D eigenvalue weighted by Crippen LogP contribution is -2.61. The molecule has 2 heterocycles. The van der Waals surface area contributed by atoms with Crippen molar-refractivity contribution in [3.8, 4) is 0 Å². The van der Waals surface area contributed by atoms with Crippen LogP contribution in [0.4, 0.5) is 13.6 Å². The van der Waals surface area contributed by atoms with Crippen LogP contribution in [0.25, 0.3) is 0 Å². The van der Waals surface area contributed by atoms with E-state index in [1.54, 1.807) is 21.8 Å². The summed E-state index contributed by atoms with van der Waals surface area (Å²) >= 11 is 0. The Kier molecular flexibility index (Phi) is 6.17. The maximum atomic E-state index is 13.5. The van der Waals surface area contributed by atoms with E-state index in [9.17, 15) is 18.4 Å². The second-order valence-electron chi connectivity index (χ2n) is 7.90. The van der Waals surface area contributed by atoms with Crippen LogP contribution in [0.5, 0.6) is 0 Å². The van der Waals surface area contributed by atoms with Crippen LogP contribution < -0.4 is 0 Å². The summed E-state index contributed by atoms with van der Waals surface area (Å²) in [5.74, 6) is -1.64. The van der Waals surface area contributed by atoms with Crippen LogP contribution in [0.2, 0.25) is 0 Å². The molecule has 28 heavy (non-hydrogen) atoms. The number of nitrogens with zero attached hydrogens (tertiary/aromatic N) is 3. The number of fused-ring (bicyclic) bond motifs is 1. The summed E-state index contributed by atoms with van der Waals surface area (Å²) in [5.41, 5.74) is 0.523. The minimum atomic E-state index is -0.930. The number of halogens is 2. The maximum Gasteiger partial charge on any atom is 0.321 e. The van der Waals surface area contributed by atoms with Crippen LogP contribution in [0.3, 0.4) is 0 Å². The number of carbonyl (C=O) groups excluding carboxylic acids is 2. The Morgan fingerprint density at radius 1 is 1.14 bits per heavy atom. The van der Waals surface area contributed by atoms with Gasteiger partial charge in [-0.3, -0.25) is 4.79 Å². The van der Waals surface area contributed by atoms with Gasteiger partial charge in [0.05, 0.1) is 12.6 Å². The highest BCUT2D eigenvalue weighted by atomic mass is 19.2. The molecule has 0 unspecified atom stereocenters. The molecule has 0 aromatic heterocycles. The number of hydrogen-bond acceptors (Lipinski definition) is 3. The van der Waals surface area contributed by atoms with E-state index in [4.69, 9.17) is 4.74 Å². The Bertz CT molecular complexity index is 743. The van der Waals surface area contributed by atoms with Crippen LogP contribution in [0.1, 0.15) is 25.8 Å². The van der Waals surface area contributed by atoms with Crippen molar-refractivity contribution < 1.29 is 23.1 Å². The highest BCUT2D eigenvalue weighted by Gasteiger charge is 2.49. The van der Waals surface area contributed by atoms with Gasteiger partial charge in [0.25, 0.3) is 0 Å². The SMILES string of the molecule is COCCN1C[C@@H]2CN(Cc3ccc(F)c(F)c3)C(=O)N2[C@@H](CC(C)C)C1=O. The number of urea groups is 1. The van der Waals surface area contributed by atoms with E-state index >= 15 is 0 Å². The second kappa shape index (κ2) is 8.43. The number of methoxy groups -OCH3 is 1. The minimum absolute atomic E-state index is 0.0509. The number of hydrogen-bond donors (Lipinski definition) is 0. The molecule has 0 N–H and O–H groups in total. The van der Waals surface area contributed by atoms with E-state index < -0.39 is 17.7 Å². The molecule has 1 aromatic carbocycles. The molecule has 8 heteroatoms. The topological polar surface area (TPSA) is 53.1 Å². The largest absolute Gasteiger partial charge is 0.383 e. The summed E-state index contributed by atoms with van der Waals surface area (Å²) < 4.78 is 31.8. The molecule has 2 saturated heterocycles. The molecule has 2 aliphatic rings. The molecule has 0 bridgehead atoms. The van der Waals surface area contributed by atoms with E-state index in [1.807, 2.05) is 13.8 Å². The van der Waals surface area contributed by atoms with E-state index in [-0.39, 0.29) is 30.4 Å². The lowest BCUT2D eigenvalue weighted by atomic mass is 9.97. The molecule has 0 aliphatic carbocycles. The molecule has 2 atom stereocenters. The van der Waals surface area contributed by atoms with Crippen molar-refractivity contribution in [1.82, 2.24) is 14.7 Å². The van der Waals surface area contributed by atoms with Gasteiger partial charge in [0.15, 0.2) is 11.6 Å². The van der Waals surface area contributed by atoms with Crippen molar-refractivity contribution in [2.75, 3.05) is 33.4 Å². The number of ether oxygens (including phenoxy) is 1. The Labute approximate surface area is 164 Å². The first kappa shape index (κ1) is 20.5. The Morgan fingerprint density at radius 3 is 2.50 bits per heavy atom. The van der Waals surface area contributed by atoms with Crippen LogP contribution in [-0.2, 0) is 16.1 Å². The van der Waals surface area contributed by atoms with Crippen molar-refractivity contribution in [3.63, 3.8) is 0 Å². The molecule has 0 spiro atoms. The Hall–Kier alpha value is -2.22. The molecule has 3 amide bonds. The fraction of sp³-hybridized carbons (Fsp3) is 0.600. The van der Waals surface area contributed by atoms with Gasteiger partial charge in [-0.05, 0) is 30.0 Å². The molecule has 0 radical (unpaired) electrons. The van der Waals surface area contributed by atoms with Crippen LogP contribution in [0, 0.1) is 17.6 Å². The molecule has 2 fully saturated rings. The zero-order chi connectivity index (χ0) is 20.4. The first-order valence-electron chi connectivity index (χ1n) is 9.60. The smallest absolute Gasteiger partial charge is 0.321 e. The monoisotopic (exact) mass is 395 g/mol. The zero-order valence-electron chi connectivity index (χ0n) is 16.5. The van der Waals surface area contributed by atoms with E-state index in [0.717, 1.165) is 12.1 Å². The number of rotatable bonds is 7. The van der Waals surface area contributed by atoms with Gasteiger partial charge in [0.2, 0.25) is 5.91 Å². The van der Waals surface area contributed by atoms with E-state index in [2.05, 4.69) is 0 Å². The predicted octanol–water partition coefficient (Wildman–Crippen LogP) is 2.47. The van der Waals surface area contributed by atoms with Gasteiger partial charge >= 0.3 is 6.03 Å². The molecule has 0 saturated carbocycles. The molecule has 6 nitrogen and oxygen atoms in total. The first-order chi connectivity index (χ1) is 13.3. The fourth-order valence-corrected chi connectivity index (χ4v) is 4.00. The normalized spacial score (nSPS) is 22.4. The predicted molar refractivity (Wildman–Crippen MR) is 99.5 cm³/mol. The van der Waals surface area contributed by atoms with Crippen molar-refractivity contribution in [1.29, 1.82) is 0 Å². The van der Waals surface area contributed by atoms with E-state index in [0.29, 0.717) is 38.2 Å². The van der Waals surface area contributed by atoms with Crippen LogP contribution in [-0.4, -0.2) is 72.1 Å². The van der Waals surface area contributed by atoms with Crippen molar-refractivity contribution in [2.45, 2.75) is 38.9 Å². The van der Waals surface area contributed by atoms with Gasteiger partial charge in [0.1, 0.15) is 6.04 Å². The summed E-state index contributed by atoms with van der Waals surface area (Å²) in [6, 6.07) is 2.82. The average molecular weight is 395 g/mol. The van der Waals surface area contributed by atoms with Gasteiger partial charge in [-0.25, -0.2) is 13.6 Å². The van der Waals surface area contributed by atoms with E-state index in [1.165, 1.54) is 6.07 Å². The summed E-state index contributed by atoms with van der Waals surface area (Å²) in [5, 5.41) is 0. The number of carbonyl (C=O) groups is 2. The van der Waals surface area contributed by atoms with Crippen molar-refractivity contribution >= 4 is 11.9 Å². The zero-order valence-corrected chi connectivity index (χ0v) is 16.5. The Balaban J connectivity index is 1.79. The molecule has 154 valence electrons. The summed E-state index contributed by atoms with van der Waals surface area (Å²) in [6.45, 7) is 6.07. The minimum Gasteiger partial charge on any atom is -0.383 e. The summed E-state index contributed by atoms with van der Waals surface area (Å²) in [4.78, 5) is 31.1. The molecular formula is C20H27F2N3O3. The lowest BCUT2D eigenvalue weighted by molar-refractivity contribution is -0.143. The number of benzene rings is 1. The van der Waals surface area contributed by atoms with Crippen LogP contribution >= 0.6 is 0 Å². The van der Waals surface area contributed by atoms with Gasteiger partial charge in [-0.15, -0.1) is 0 Å². The van der Waals surface area contributed by atoms with Gasteiger partial charge < -0.3 is 19.4 Å². The highest BCUT2D eigenvalue weighted by Crippen LogP contribution is 2.30. The summed E-state index contributed by atoms with van der Waals surface area (Å²) in [6.07, 6.45) is 0.587. The molecular weight excluding hydrogens is 368 g/mol. The molecule has 3 rings (SSSR count). The fourth-order valence-electron chi connectivity index (χ4n) is 4.00. The van der Waals surface area contributed by atoms with Crippen LogP contribution in [0.15, 0.2) is 18.2 Å². The van der Waals surface area contributed by atoms with Crippen molar-refractivity contribution in [2.24, 2.45) is 5.92 Å². The summed E-state index contributed by atoms with van der Waals surface area (Å²) in [7, 11) is 1.59. The third-order valence-corrected chi connectivity index (χ3v) is 5.30. The standard InChI is InChI=1S/C20H27F2N3O3/c1-13(2)8-18-19(26)23(6-7-28-3)11-15-12-24(20(27)25(15)18)10-14-4-5-16(21)17(22)9-14/h4-5,9,13,15,18H,6-8,10-12H2,1-3H3/t15-,18+/m1/s1. The molecule has 1 aromatic rings. The quantitative estimate of drug-likeness (QED) is 0.713. The van der Waals surface area contributed by atoms with Crippen molar-refractivity contribution in [3.05, 3.63) is 35.4 Å². The third-order valence-electron chi connectivity index (χ3n) is 5.30. The highest BCUT2D eigenvalue weighted by molar-refractivity contribution is 5.90. The lowest BCUT2D eigenvalue weighted by Gasteiger charge is -2.42. The van der Waals surface area contributed by atoms with Gasteiger partial charge in [0, 0.05) is 33.3 Å². The van der Waals surface area contributed by atoms with Gasteiger partial charge in [-0.2, -0.15) is 0 Å².